The Bertz CT molecular complexity index is 379. The van der Waals surface area contributed by atoms with Gasteiger partial charge in [-0.25, -0.2) is 0 Å². The Morgan fingerprint density at radius 2 is 1.93 bits per heavy atom. The highest BCUT2D eigenvalue weighted by atomic mass is 79.9. The molecule has 0 saturated heterocycles. The fourth-order valence-corrected chi connectivity index (χ4v) is 2.50. The molecule has 0 N–H and O–H groups in total. The van der Waals surface area contributed by atoms with Crippen molar-refractivity contribution in [2.75, 3.05) is 6.61 Å². The zero-order valence-corrected chi connectivity index (χ0v) is 12.4. The van der Waals surface area contributed by atoms with Crippen LogP contribution in [0, 0.1) is 0 Å². The predicted molar refractivity (Wildman–Crippen MR) is 70.8 cm³/mol. The van der Waals surface area contributed by atoms with Crippen molar-refractivity contribution in [3.05, 3.63) is 37.7 Å². The lowest BCUT2D eigenvalue weighted by atomic mass is 10.2. The van der Waals surface area contributed by atoms with E-state index in [0.29, 0.717) is 17.9 Å². The highest BCUT2D eigenvalue weighted by molar-refractivity contribution is 9.11. The summed E-state index contributed by atoms with van der Waals surface area (Å²) >= 11 is 9.86. The molecule has 0 fully saturated rings. The number of benzene rings is 1. The molecule has 0 spiro atoms. The lowest BCUT2D eigenvalue weighted by Gasteiger charge is -2.10. The number of ether oxygens (including phenoxy) is 1. The fourth-order valence-electron chi connectivity index (χ4n) is 0.936. The van der Waals surface area contributed by atoms with Gasteiger partial charge >= 0.3 is 0 Å². The van der Waals surface area contributed by atoms with Crippen LogP contribution in [0.25, 0.3) is 0 Å². The van der Waals surface area contributed by atoms with Gasteiger partial charge in [-0.2, -0.15) is 0 Å². The average Bonchev–Trinajstić information content (AvgIpc) is 2.15. The van der Waals surface area contributed by atoms with Gasteiger partial charge in [0.15, 0.2) is 0 Å². The first-order valence-corrected chi connectivity index (χ1v) is 6.32. The summed E-state index contributed by atoms with van der Waals surface area (Å²) in [5, 5.41) is 0. The van der Waals surface area contributed by atoms with Gasteiger partial charge in [-0.15, -0.1) is 0 Å². The Kier molecular flexibility index (Phi) is 5.02. The summed E-state index contributed by atoms with van der Waals surface area (Å²) in [6, 6.07) is 3.40. The normalized spacial score (nSPS) is 9.80. The van der Waals surface area contributed by atoms with Crippen molar-refractivity contribution in [1.82, 2.24) is 0 Å². The van der Waals surface area contributed by atoms with Crippen molar-refractivity contribution in [3.8, 4) is 5.75 Å². The first-order chi connectivity index (χ1) is 7.04. The van der Waals surface area contributed by atoms with Crippen LogP contribution < -0.4 is 4.74 Å². The van der Waals surface area contributed by atoms with Gasteiger partial charge in [0.1, 0.15) is 18.6 Å². The molecule has 80 valence electrons. The zero-order valence-electron chi connectivity index (χ0n) is 7.60. The molecule has 1 aromatic carbocycles. The van der Waals surface area contributed by atoms with Crippen LogP contribution in [0.15, 0.2) is 32.1 Å². The number of carbonyl (C=O) groups is 1. The van der Waals surface area contributed by atoms with Gasteiger partial charge in [-0.1, -0.05) is 22.5 Å². The number of carbonyl (C=O) groups excluding carboxylic acids is 1. The molecule has 0 saturated carbocycles. The summed E-state index contributed by atoms with van der Waals surface area (Å²) in [7, 11) is 0. The van der Waals surface area contributed by atoms with E-state index < -0.39 is 0 Å². The van der Waals surface area contributed by atoms with Crippen molar-refractivity contribution in [1.29, 1.82) is 0 Å². The van der Waals surface area contributed by atoms with Crippen LogP contribution in [0.1, 0.15) is 10.4 Å². The second kappa shape index (κ2) is 5.82. The smallest absolute Gasteiger partial charge is 0.150 e. The molecule has 15 heavy (non-hydrogen) atoms. The fraction of sp³-hybridized carbons (Fsp3) is 0.100. The largest absolute Gasteiger partial charge is 0.486 e. The predicted octanol–water partition coefficient (Wildman–Crippen LogP) is 4.31. The van der Waals surface area contributed by atoms with Crippen LogP contribution in [-0.2, 0) is 0 Å². The van der Waals surface area contributed by atoms with Crippen LogP contribution in [-0.4, -0.2) is 12.9 Å². The van der Waals surface area contributed by atoms with E-state index in [-0.39, 0.29) is 0 Å². The van der Waals surface area contributed by atoms with Gasteiger partial charge < -0.3 is 4.74 Å². The molecule has 0 atom stereocenters. The highest BCUT2D eigenvalue weighted by Crippen LogP contribution is 2.34. The van der Waals surface area contributed by atoms with Gasteiger partial charge in [0.25, 0.3) is 0 Å². The summed E-state index contributed by atoms with van der Waals surface area (Å²) < 4.78 is 7.68. The third-order valence-corrected chi connectivity index (χ3v) is 2.94. The summed E-state index contributed by atoms with van der Waals surface area (Å²) in [4.78, 5) is 10.6. The van der Waals surface area contributed by atoms with Crippen molar-refractivity contribution in [2.45, 2.75) is 0 Å². The minimum Gasteiger partial charge on any atom is -0.486 e. The number of aldehydes is 1. The Morgan fingerprint density at radius 1 is 1.40 bits per heavy atom. The molecule has 0 aromatic heterocycles. The Balaban J connectivity index is 2.97. The third kappa shape index (κ3) is 3.74. The molecule has 0 unspecified atom stereocenters. The van der Waals surface area contributed by atoms with Gasteiger partial charge in [-0.3, -0.25) is 4.79 Å². The van der Waals surface area contributed by atoms with Crippen molar-refractivity contribution >= 4 is 54.1 Å². The number of rotatable bonds is 4. The van der Waals surface area contributed by atoms with E-state index in [4.69, 9.17) is 4.74 Å². The molecule has 0 aliphatic heterocycles. The van der Waals surface area contributed by atoms with E-state index in [9.17, 15) is 4.79 Å². The molecule has 0 radical (unpaired) electrons. The van der Waals surface area contributed by atoms with Crippen molar-refractivity contribution in [2.24, 2.45) is 0 Å². The quantitative estimate of drug-likeness (QED) is 0.706. The topological polar surface area (TPSA) is 26.3 Å². The van der Waals surface area contributed by atoms with Crippen molar-refractivity contribution in [3.63, 3.8) is 0 Å². The number of halogens is 3. The van der Waals surface area contributed by atoms with Crippen molar-refractivity contribution < 1.29 is 9.53 Å². The SMILES string of the molecule is C=C(Br)COc1c(Br)cc(C=O)cc1Br. The van der Waals surface area contributed by atoms with E-state index in [0.717, 1.165) is 19.7 Å². The maximum absolute atomic E-state index is 10.6. The molecular formula is C10H7Br3O2. The molecule has 1 aromatic rings. The molecule has 5 heteroatoms. The Hall–Kier alpha value is -0.130. The molecule has 0 aliphatic carbocycles. The van der Waals surface area contributed by atoms with Crippen LogP contribution in [0.5, 0.6) is 5.75 Å². The summed E-state index contributed by atoms with van der Waals surface area (Å²) in [6.45, 7) is 4.04. The molecule has 2 nitrogen and oxygen atoms in total. The minimum atomic E-state index is 0.373. The minimum absolute atomic E-state index is 0.373. The van der Waals surface area contributed by atoms with Crippen LogP contribution >= 0.6 is 47.8 Å². The van der Waals surface area contributed by atoms with E-state index in [1.54, 1.807) is 12.1 Å². The molecule has 0 aliphatic rings. The maximum atomic E-state index is 10.6. The monoisotopic (exact) mass is 396 g/mol. The first-order valence-electron chi connectivity index (χ1n) is 3.95. The van der Waals surface area contributed by atoms with E-state index >= 15 is 0 Å². The molecule has 0 amide bonds. The molecule has 1 rings (SSSR count). The standard InChI is InChI=1S/C10H7Br3O2/c1-6(11)5-15-10-8(12)2-7(4-14)3-9(10)13/h2-4H,1,5H2. The second-order valence-corrected chi connectivity index (χ2v) is 5.57. The summed E-state index contributed by atoms with van der Waals surface area (Å²) in [5.41, 5.74) is 0.582. The molecule has 0 heterocycles. The van der Waals surface area contributed by atoms with E-state index in [2.05, 4.69) is 54.4 Å². The highest BCUT2D eigenvalue weighted by Gasteiger charge is 2.08. The van der Waals surface area contributed by atoms with Gasteiger partial charge in [-0.05, 0) is 44.0 Å². The first kappa shape index (κ1) is 12.9. The Morgan fingerprint density at radius 3 is 2.33 bits per heavy atom. The average molecular weight is 399 g/mol. The van der Waals surface area contributed by atoms with E-state index in [1.807, 2.05) is 0 Å². The zero-order chi connectivity index (χ0) is 11.4. The third-order valence-electron chi connectivity index (χ3n) is 1.53. The second-order valence-electron chi connectivity index (χ2n) is 2.74. The number of hydrogen-bond donors (Lipinski definition) is 0. The van der Waals surface area contributed by atoms with Gasteiger partial charge in [0, 0.05) is 10.0 Å². The van der Waals surface area contributed by atoms with Crippen LogP contribution in [0.4, 0.5) is 0 Å². The van der Waals surface area contributed by atoms with E-state index in [1.165, 1.54) is 0 Å². The Labute approximate surface area is 113 Å². The van der Waals surface area contributed by atoms with Crippen LogP contribution in [0.3, 0.4) is 0 Å². The lowest BCUT2D eigenvalue weighted by Crippen LogP contribution is -1.98. The summed E-state index contributed by atoms with van der Waals surface area (Å²) in [5.74, 6) is 0.654. The summed E-state index contributed by atoms with van der Waals surface area (Å²) in [6.07, 6.45) is 0.780. The van der Waals surface area contributed by atoms with Crippen LogP contribution in [0.2, 0.25) is 0 Å². The van der Waals surface area contributed by atoms with Gasteiger partial charge in [0.05, 0.1) is 8.95 Å². The maximum Gasteiger partial charge on any atom is 0.150 e. The number of hydrogen-bond acceptors (Lipinski definition) is 2. The van der Waals surface area contributed by atoms with Gasteiger partial charge in [0.2, 0.25) is 0 Å². The lowest BCUT2D eigenvalue weighted by molar-refractivity contribution is 0.112. The molecular weight excluding hydrogens is 392 g/mol. The molecule has 0 bridgehead atoms.